The van der Waals surface area contributed by atoms with Crippen LogP contribution in [0.25, 0.3) is 0 Å². The smallest absolute Gasteiger partial charge is 0.243 e. The molecule has 1 fully saturated rings. The first-order chi connectivity index (χ1) is 21.2. The number of ketones is 2. The minimum absolute atomic E-state index is 0.0135. The second kappa shape index (κ2) is 15.5. The molecule has 0 radical (unpaired) electrons. The molecule has 45 heavy (non-hydrogen) atoms. The van der Waals surface area contributed by atoms with Crippen LogP contribution in [0.5, 0.6) is 11.5 Å². The van der Waals surface area contributed by atoms with Crippen LogP contribution in [-0.2, 0) is 25.6 Å². The fraction of sp³-hybridized carbons (Fsp3) is 0.452. The second-order valence-electron chi connectivity index (χ2n) is 11.1. The maximum Gasteiger partial charge on any atom is 0.243 e. The first-order valence-corrected chi connectivity index (χ1v) is 14.3. The highest BCUT2D eigenvalue weighted by atomic mass is 19.2. The van der Waals surface area contributed by atoms with Crippen molar-refractivity contribution < 1.29 is 51.0 Å². The number of hydrogen-bond donors (Lipinski definition) is 3. The molecule has 0 aliphatic carbocycles. The van der Waals surface area contributed by atoms with Crippen molar-refractivity contribution in [2.45, 2.75) is 58.5 Å². The van der Waals surface area contributed by atoms with Crippen LogP contribution in [0.1, 0.15) is 56.0 Å². The molecule has 14 heteroatoms. The number of methoxy groups -OCH3 is 1. The molecule has 3 N–H and O–H groups in total. The van der Waals surface area contributed by atoms with E-state index in [2.05, 4.69) is 16.0 Å². The molecule has 2 aromatic carbocycles. The molecular formula is C31H35F4N3O7. The van der Waals surface area contributed by atoms with Gasteiger partial charge in [-0.1, -0.05) is 13.8 Å². The van der Waals surface area contributed by atoms with Crippen molar-refractivity contribution in [3.05, 3.63) is 58.7 Å². The summed E-state index contributed by atoms with van der Waals surface area (Å²) in [6.45, 7) is 4.20. The molecule has 0 spiro atoms. The van der Waals surface area contributed by atoms with Gasteiger partial charge in [0.15, 0.2) is 29.0 Å². The summed E-state index contributed by atoms with van der Waals surface area (Å²) in [4.78, 5) is 63.8. The Bertz CT molecular complexity index is 1440. The number of nitrogens with one attached hydrogen (secondary N) is 3. The van der Waals surface area contributed by atoms with Crippen molar-refractivity contribution >= 4 is 29.3 Å². The molecule has 0 aromatic heterocycles. The number of rotatable bonds is 15. The summed E-state index contributed by atoms with van der Waals surface area (Å²) in [6, 6.07) is 2.02. The largest absolute Gasteiger partial charge is 0.496 e. The van der Waals surface area contributed by atoms with Crippen molar-refractivity contribution in [3.63, 3.8) is 0 Å². The lowest BCUT2D eigenvalue weighted by atomic mass is 9.95. The molecule has 3 rings (SSSR count). The quantitative estimate of drug-likeness (QED) is 0.155. The third kappa shape index (κ3) is 9.25. The Morgan fingerprint density at radius 1 is 1.00 bits per heavy atom. The molecule has 1 aliphatic heterocycles. The highest BCUT2D eigenvalue weighted by molar-refractivity contribution is 5.96. The predicted octanol–water partition coefficient (Wildman–Crippen LogP) is 3.19. The van der Waals surface area contributed by atoms with Gasteiger partial charge >= 0.3 is 0 Å². The average molecular weight is 638 g/mol. The number of carbonyl (C=O) groups is 5. The molecule has 2 aromatic rings. The van der Waals surface area contributed by atoms with Gasteiger partial charge in [-0.2, -0.15) is 8.78 Å². The molecular weight excluding hydrogens is 602 g/mol. The van der Waals surface area contributed by atoms with Crippen molar-refractivity contribution in [1.29, 1.82) is 0 Å². The standard InChI is InChI=1S/C31H35F4N3O7/c1-15(2)9-23(37-26(41)12-19-10-17(16(3)39)5-6-25(19)44-4)31(43)38-22(11-18-7-8-36-30(18)42)24(40)14-45-29-27(34)20(32)13-21(33)28(29)35/h5-6,10,13,15,18,22-23H,7-9,11-12,14H2,1-4H3,(H,36,42)(H,37,41)(H,38,43)/t18-,22?,23?/m0/s1. The second-order valence-corrected chi connectivity index (χ2v) is 11.1. The number of benzene rings is 2. The van der Waals surface area contributed by atoms with Crippen LogP contribution >= 0.6 is 0 Å². The first kappa shape index (κ1) is 35.0. The number of ether oxygens (including phenoxy) is 2. The topological polar surface area (TPSA) is 140 Å². The monoisotopic (exact) mass is 637 g/mol. The highest BCUT2D eigenvalue weighted by Crippen LogP contribution is 2.27. The van der Waals surface area contributed by atoms with Crippen LogP contribution in [0.15, 0.2) is 24.3 Å². The molecule has 10 nitrogen and oxygen atoms in total. The van der Waals surface area contributed by atoms with Crippen LogP contribution in [-0.4, -0.2) is 61.6 Å². The minimum Gasteiger partial charge on any atom is -0.496 e. The third-order valence-corrected chi connectivity index (χ3v) is 7.22. The fourth-order valence-electron chi connectivity index (χ4n) is 4.88. The minimum atomic E-state index is -1.84. The number of amides is 3. The summed E-state index contributed by atoms with van der Waals surface area (Å²) >= 11 is 0. The van der Waals surface area contributed by atoms with Gasteiger partial charge in [-0.3, -0.25) is 24.0 Å². The average Bonchev–Trinajstić information content (AvgIpc) is 3.38. The van der Waals surface area contributed by atoms with E-state index >= 15 is 0 Å². The maximum atomic E-state index is 14.1. The van der Waals surface area contributed by atoms with Crippen molar-refractivity contribution in [1.82, 2.24) is 16.0 Å². The zero-order chi connectivity index (χ0) is 33.4. The Kier molecular flexibility index (Phi) is 12.0. The first-order valence-electron chi connectivity index (χ1n) is 14.3. The molecule has 3 atom stereocenters. The molecule has 1 heterocycles. The van der Waals surface area contributed by atoms with Gasteiger partial charge in [0.05, 0.1) is 19.6 Å². The van der Waals surface area contributed by atoms with Crippen LogP contribution in [0.2, 0.25) is 0 Å². The van der Waals surface area contributed by atoms with Gasteiger partial charge in [0.25, 0.3) is 0 Å². The summed E-state index contributed by atoms with van der Waals surface area (Å²) in [7, 11) is 1.40. The zero-order valence-corrected chi connectivity index (χ0v) is 25.2. The van der Waals surface area contributed by atoms with Crippen LogP contribution in [0.4, 0.5) is 17.6 Å². The number of Topliss-reactive ketones (excluding diaryl/α,β-unsaturated/α-hetero) is 2. The molecule has 0 bridgehead atoms. The Morgan fingerprint density at radius 3 is 2.22 bits per heavy atom. The van der Waals surface area contributed by atoms with Crippen LogP contribution in [0, 0.1) is 35.1 Å². The zero-order valence-electron chi connectivity index (χ0n) is 25.2. The summed E-state index contributed by atoms with van der Waals surface area (Å²) in [6.07, 6.45) is 0.0269. The van der Waals surface area contributed by atoms with Gasteiger partial charge in [-0.15, -0.1) is 0 Å². The van der Waals surface area contributed by atoms with E-state index in [0.29, 0.717) is 29.8 Å². The molecule has 1 saturated heterocycles. The SMILES string of the molecule is COc1ccc(C(C)=O)cc1CC(=O)NC(CC(C)C)C(=O)NC(C[C@@H]1CCNC1=O)C(=O)COc1c(F)c(F)cc(F)c1F. The van der Waals surface area contributed by atoms with Crippen LogP contribution < -0.4 is 25.4 Å². The summed E-state index contributed by atoms with van der Waals surface area (Å²) < 4.78 is 65.5. The van der Waals surface area contributed by atoms with E-state index in [-0.39, 0.29) is 42.9 Å². The Morgan fingerprint density at radius 2 is 1.67 bits per heavy atom. The van der Waals surface area contributed by atoms with Crippen molar-refractivity contribution in [3.8, 4) is 11.5 Å². The highest BCUT2D eigenvalue weighted by Gasteiger charge is 2.34. The normalized spacial score (nSPS) is 15.7. The van der Waals surface area contributed by atoms with Gasteiger partial charge in [0.1, 0.15) is 18.4 Å². The summed E-state index contributed by atoms with van der Waals surface area (Å²) in [5.41, 5.74) is 0.757. The molecule has 244 valence electrons. The molecule has 0 saturated carbocycles. The number of halogens is 4. The lowest BCUT2D eigenvalue weighted by Gasteiger charge is -2.25. The van der Waals surface area contributed by atoms with Gasteiger partial charge in [0, 0.05) is 29.7 Å². The van der Waals surface area contributed by atoms with Crippen molar-refractivity contribution in [2.24, 2.45) is 11.8 Å². The van der Waals surface area contributed by atoms with Gasteiger partial charge in [-0.25, -0.2) is 8.78 Å². The van der Waals surface area contributed by atoms with E-state index in [1.54, 1.807) is 26.0 Å². The third-order valence-electron chi connectivity index (χ3n) is 7.22. The van der Waals surface area contributed by atoms with E-state index in [1.807, 2.05) is 0 Å². The van der Waals surface area contributed by atoms with Gasteiger partial charge in [0.2, 0.25) is 29.4 Å². The van der Waals surface area contributed by atoms with E-state index in [0.717, 1.165) is 0 Å². The lowest BCUT2D eigenvalue weighted by Crippen LogP contribution is -2.53. The Labute approximate surface area is 257 Å². The summed E-state index contributed by atoms with van der Waals surface area (Å²) in [5.74, 6) is -12.0. The van der Waals surface area contributed by atoms with E-state index in [4.69, 9.17) is 9.47 Å². The predicted molar refractivity (Wildman–Crippen MR) is 153 cm³/mol. The molecule has 3 amide bonds. The van der Waals surface area contributed by atoms with Gasteiger partial charge in [-0.05, 0) is 50.3 Å². The van der Waals surface area contributed by atoms with Crippen molar-refractivity contribution in [2.75, 3.05) is 20.3 Å². The van der Waals surface area contributed by atoms with Crippen LogP contribution in [0.3, 0.4) is 0 Å². The number of hydrogen-bond acceptors (Lipinski definition) is 7. The van der Waals surface area contributed by atoms with E-state index in [9.17, 15) is 41.5 Å². The Balaban J connectivity index is 1.79. The lowest BCUT2D eigenvalue weighted by molar-refractivity contribution is -0.133. The molecule has 2 unspecified atom stereocenters. The van der Waals surface area contributed by atoms with E-state index < -0.39 is 71.2 Å². The summed E-state index contributed by atoms with van der Waals surface area (Å²) in [5, 5.41) is 7.74. The fourth-order valence-corrected chi connectivity index (χ4v) is 4.88. The maximum absolute atomic E-state index is 14.1. The molecule has 1 aliphatic rings. The van der Waals surface area contributed by atoms with Gasteiger partial charge < -0.3 is 25.4 Å². The van der Waals surface area contributed by atoms with E-state index in [1.165, 1.54) is 20.1 Å². The Hall–Kier alpha value is -4.49. The number of carbonyl (C=O) groups excluding carboxylic acids is 5.